The molecule has 134 valence electrons. The van der Waals surface area contributed by atoms with Gasteiger partial charge in [-0.05, 0) is 18.2 Å². The molecular formula is C21H11Cl2N5. The van der Waals surface area contributed by atoms with E-state index in [-0.39, 0.29) is 16.9 Å². The molecule has 7 heteroatoms. The van der Waals surface area contributed by atoms with Gasteiger partial charge in [0.15, 0.2) is 0 Å². The molecule has 0 saturated carbocycles. The van der Waals surface area contributed by atoms with Gasteiger partial charge in [0.2, 0.25) is 0 Å². The van der Waals surface area contributed by atoms with Crippen molar-refractivity contribution in [2.45, 2.75) is 0 Å². The number of rotatable bonds is 2. The average molecular weight is 404 g/mol. The van der Waals surface area contributed by atoms with Gasteiger partial charge in [-0.2, -0.15) is 10.5 Å². The molecule has 2 heterocycles. The number of nitrogens with zero attached hydrogens (tertiary/aromatic N) is 3. The number of hydrogen-bond acceptors (Lipinski definition) is 4. The van der Waals surface area contributed by atoms with Crippen LogP contribution in [0, 0.1) is 22.7 Å². The van der Waals surface area contributed by atoms with Crippen LogP contribution in [-0.2, 0) is 0 Å². The second-order valence-corrected chi connectivity index (χ2v) is 6.91. The number of benzene rings is 2. The summed E-state index contributed by atoms with van der Waals surface area (Å²) in [4.78, 5) is 7.55. The molecule has 0 atom stereocenters. The first kappa shape index (κ1) is 17.9. The number of hydrogen-bond donors (Lipinski definition) is 2. The fourth-order valence-electron chi connectivity index (χ4n) is 3.25. The molecule has 0 amide bonds. The number of para-hydroxylation sites is 1. The van der Waals surface area contributed by atoms with Crippen LogP contribution >= 0.6 is 23.2 Å². The van der Waals surface area contributed by atoms with Crippen molar-refractivity contribution in [3.05, 3.63) is 69.8 Å². The van der Waals surface area contributed by atoms with Gasteiger partial charge < -0.3 is 10.7 Å². The summed E-state index contributed by atoms with van der Waals surface area (Å²) in [6.07, 6.45) is 1.77. The number of H-pyrrole nitrogens is 1. The Kier molecular flexibility index (Phi) is 4.41. The number of nitrogens with one attached hydrogen (secondary N) is 1. The number of nitriles is 2. The highest BCUT2D eigenvalue weighted by Crippen LogP contribution is 2.41. The van der Waals surface area contributed by atoms with E-state index in [1.54, 1.807) is 24.4 Å². The molecule has 0 spiro atoms. The Morgan fingerprint density at radius 2 is 1.71 bits per heavy atom. The first-order valence-corrected chi connectivity index (χ1v) is 8.96. The lowest BCUT2D eigenvalue weighted by Crippen LogP contribution is -2.04. The Labute approximate surface area is 170 Å². The van der Waals surface area contributed by atoms with Crippen molar-refractivity contribution in [2.75, 3.05) is 5.73 Å². The summed E-state index contributed by atoms with van der Waals surface area (Å²) < 4.78 is 0. The first-order valence-electron chi connectivity index (χ1n) is 8.20. The van der Waals surface area contributed by atoms with Crippen molar-refractivity contribution in [3.8, 4) is 34.5 Å². The molecule has 0 bridgehead atoms. The van der Waals surface area contributed by atoms with Crippen molar-refractivity contribution >= 4 is 39.9 Å². The lowest BCUT2D eigenvalue weighted by molar-refractivity contribution is 1.29. The lowest BCUT2D eigenvalue weighted by Gasteiger charge is -2.14. The number of nitrogen functional groups attached to an aromatic ring is 1. The Morgan fingerprint density at radius 1 is 0.964 bits per heavy atom. The van der Waals surface area contributed by atoms with Gasteiger partial charge in [-0.3, -0.25) is 0 Å². The highest BCUT2D eigenvalue weighted by molar-refractivity contribution is 6.36. The fraction of sp³-hybridized carbons (Fsp3) is 0. The topological polar surface area (TPSA) is 102 Å². The minimum absolute atomic E-state index is 0.0304. The van der Waals surface area contributed by atoms with Gasteiger partial charge in [0.1, 0.15) is 23.5 Å². The summed E-state index contributed by atoms with van der Waals surface area (Å²) in [5, 5.41) is 21.3. The van der Waals surface area contributed by atoms with Crippen molar-refractivity contribution in [1.82, 2.24) is 9.97 Å². The largest absolute Gasteiger partial charge is 0.383 e. The number of nitrogens with two attached hydrogens (primary N) is 1. The van der Waals surface area contributed by atoms with Crippen LogP contribution in [-0.4, -0.2) is 9.97 Å². The predicted molar refractivity (Wildman–Crippen MR) is 111 cm³/mol. The number of anilines is 1. The summed E-state index contributed by atoms with van der Waals surface area (Å²) in [7, 11) is 0. The summed E-state index contributed by atoms with van der Waals surface area (Å²) in [6.45, 7) is 0. The highest BCUT2D eigenvalue weighted by atomic mass is 35.5. The number of halogens is 2. The minimum atomic E-state index is 0.0304. The van der Waals surface area contributed by atoms with Crippen LogP contribution in [0.5, 0.6) is 0 Å². The third-order valence-electron chi connectivity index (χ3n) is 4.49. The standard InChI is InChI=1S/C21H11Cl2N5/c22-11-5-6-13(17(23)7-11)19-14(8-24)20(28-21(26)15(19)9-25)16-10-27-18-4-2-1-3-12(16)18/h1-7,10,27H,(H2,26,28). The van der Waals surface area contributed by atoms with E-state index < -0.39 is 0 Å². The zero-order valence-electron chi connectivity index (χ0n) is 14.3. The molecule has 0 aliphatic rings. The molecule has 2 aromatic heterocycles. The normalized spacial score (nSPS) is 10.6. The first-order chi connectivity index (χ1) is 13.5. The van der Waals surface area contributed by atoms with Gasteiger partial charge in [0.05, 0.1) is 11.3 Å². The molecule has 0 fully saturated rings. The highest BCUT2D eigenvalue weighted by Gasteiger charge is 2.24. The maximum atomic E-state index is 9.97. The van der Waals surface area contributed by atoms with E-state index in [0.29, 0.717) is 26.9 Å². The van der Waals surface area contributed by atoms with E-state index in [4.69, 9.17) is 28.9 Å². The monoisotopic (exact) mass is 403 g/mol. The number of aromatic amines is 1. The maximum absolute atomic E-state index is 9.97. The summed E-state index contributed by atoms with van der Waals surface area (Å²) in [5.74, 6) is 0.0304. The molecule has 4 rings (SSSR count). The van der Waals surface area contributed by atoms with E-state index in [1.807, 2.05) is 24.3 Å². The van der Waals surface area contributed by atoms with E-state index in [2.05, 4.69) is 22.1 Å². The average Bonchev–Trinajstić information content (AvgIpc) is 3.11. The van der Waals surface area contributed by atoms with Crippen LogP contribution in [0.4, 0.5) is 5.82 Å². The maximum Gasteiger partial charge on any atom is 0.142 e. The molecule has 0 aliphatic carbocycles. The van der Waals surface area contributed by atoms with Crippen LogP contribution < -0.4 is 5.73 Å². The zero-order valence-corrected chi connectivity index (χ0v) is 15.8. The third-order valence-corrected chi connectivity index (χ3v) is 5.04. The number of aromatic nitrogens is 2. The fourth-order valence-corrected chi connectivity index (χ4v) is 3.75. The third kappa shape index (κ3) is 2.75. The van der Waals surface area contributed by atoms with E-state index >= 15 is 0 Å². The number of pyridine rings is 1. The molecule has 5 nitrogen and oxygen atoms in total. The van der Waals surface area contributed by atoms with Crippen molar-refractivity contribution in [3.63, 3.8) is 0 Å². The van der Waals surface area contributed by atoms with Crippen molar-refractivity contribution < 1.29 is 0 Å². The van der Waals surface area contributed by atoms with Gasteiger partial charge in [0, 0.05) is 43.8 Å². The zero-order chi connectivity index (χ0) is 19.8. The SMILES string of the molecule is N#Cc1c(N)nc(-c2c[nH]c3ccccc23)c(C#N)c1-c1ccc(Cl)cc1Cl. The molecule has 4 aromatic rings. The quantitative estimate of drug-likeness (QED) is 0.459. The van der Waals surface area contributed by atoms with E-state index in [0.717, 1.165) is 16.5 Å². The van der Waals surface area contributed by atoms with E-state index in [9.17, 15) is 10.5 Å². The van der Waals surface area contributed by atoms with E-state index in [1.165, 1.54) is 0 Å². The second-order valence-electron chi connectivity index (χ2n) is 6.07. The van der Waals surface area contributed by atoms with Crippen LogP contribution in [0.1, 0.15) is 11.1 Å². The Balaban J connectivity index is 2.12. The predicted octanol–water partition coefficient (Wildman–Crippen LogP) is 5.53. The Bertz CT molecular complexity index is 1330. The van der Waals surface area contributed by atoms with Crippen LogP contribution in [0.2, 0.25) is 10.0 Å². The van der Waals surface area contributed by atoms with Gasteiger partial charge in [0.25, 0.3) is 0 Å². The summed E-state index contributed by atoms with van der Waals surface area (Å²) >= 11 is 12.4. The lowest BCUT2D eigenvalue weighted by atomic mass is 9.92. The molecular weight excluding hydrogens is 393 g/mol. The molecule has 3 N–H and O–H groups in total. The molecule has 28 heavy (non-hydrogen) atoms. The van der Waals surface area contributed by atoms with Gasteiger partial charge in [-0.15, -0.1) is 0 Å². The smallest absolute Gasteiger partial charge is 0.142 e. The van der Waals surface area contributed by atoms with Crippen molar-refractivity contribution in [1.29, 1.82) is 10.5 Å². The Morgan fingerprint density at radius 3 is 2.43 bits per heavy atom. The second kappa shape index (κ2) is 6.90. The number of fused-ring (bicyclic) bond motifs is 1. The molecule has 0 unspecified atom stereocenters. The van der Waals surface area contributed by atoms with Gasteiger partial charge in [-0.1, -0.05) is 47.5 Å². The van der Waals surface area contributed by atoms with Crippen LogP contribution in [0.15, 0.2) is 48.7 Å². The van der Waals surface area contributed by atoms with Gasteiger partial charge in [-0.25, -0.2) is 4.98 Å². The molecule has 0 radical (unpaired) electrons. The molecule has 2 aromatic carbocycles. The summed E-state index contributed by atoms with van der Waals surface area (Å²) in [6, 6.07) is 16.8. The van der Waals surface area contributed by atoms with Crippen molar-refractivity contribution in [2.24, 2.45) is 0 Å². The molecule has 0 aliphatic heterocycles. The van der Waals surface area contributed by atoms with Gasteiger partial charge >= 0.3 is 0 Å². The Hall–Kier alpha value is -3.51. The summed E-state index contributed by atoms with van der Waals surface area (Å²) in [5.41, 5.74) is 9.27. The van der Waals surface area contributed by atoms with Crippen LogP contribution in [0.3, 0.4) is 0 Å². The molecule has 0 saturated heterocycles. The minimum Gasteiger partial charge on any atom is -0.383 e. The van der Waals surface area contributed by atoms with Crippen LogP contribution in [0.25, 0.3) is 33.3 Å².